The Balaban J connectivity index is 2.38. The molecule has 2 nitrogen and oxygen atoms in total. The maximum absolute atomic E-state index is 10.9. The minimum Gasteiger partial charge on any atom is -0.426 e. The van der Waals surface area contributed by atoms with E-state index in [0.717, 1.165) is 29.0 Å². The highest BCUT2D eigenvalue weighted by Gasteiger charge is 2.15. The lowest BCUT2D eigenvalue weighted by Gasteiger charge is -2.16. The molecule has 1 aromatic rings. The zero-order valence-corrected chi connectivity index (χ0v) is 9.17. The van der Waals surface area contributed by atoms with Gasteiger partial charge in [0.2, 0.25) is 0 Å². The van der Waals surface area contributed by atoms with E-state index in [1.165, 1.54) is 6.92 Å². The van der Waals surface area contributed by atoms with Gasteiger partial charge in [-0.05, 0) is 42.7 Å². The summed E-state index contributed by atoms with van der Waals surface area (Å²) in [6, 6.07) is 5.63. The van der Waals surface area contributed by atoms with Crippen molar-refractivity contribution in [2.75, 3.05) is 0 Å². The molecular weight excluding hydrogens is 212 g/mol. The van der Waals surface area contributed by atoms with Gasteiger partial charge in [-0.1, -0.05) is 11.6 Å². The first-order chi connectivity index (χ1) is 7.16. The molecule has 0 N–H and O–H groups in total. The molecule has 0 radical (unpaired) electrons. The Morgan fingerprint density at radius 3 is 3.00 bits per heavy atom. The number of allylic oxidation sites excluding steroid dienone is 1. The van der Waals surface area contributed by atoms with Crippen LogP contribution in [0.1, 0.15) is 24.5 Å². The molecule has 1 aliphatic carbocycles. The van der Waals surface area contributed by atoms with E-state index in [0.29, 0.717) is 5.76 Å². The van der Waals surface area contributed by atoms with E-state index in [9.17, 15) is 4.79 Å². The summed E-state index contributed by atoms with van der Waals surface area (Å²) in [5.74, 6) is 0.365. The maximum atomic E-state index is 10.9. The SMILES string of the molecule is CC(=O)OC1=CCCc2cc(Cl)ccc21. The molecule has 1 aliphatic rings. The second-order valence-electron chi connectivity index (χ2n) is 3.50. The highest BCUT2D eigenvalue weighted by Crippen LogP contribution is 2.29. The molecule has 3 heteroatoms. The number of rotatable bonds is 1. The summed E-state index contributed by atoms with van der Waals surface area (Å²) in [6.45, 7) is 1.41. The summed E-state index contributed by atoms with van der Waals surface area (Å²) < 4.78 is 5.14. The van der Waals surface area contributed by atoms with Gasteiger partial charge in [0.1, 0.15) is 5.76 Å². The molecule has 15 heavy (non-hydrogen) atoms. The molecule has 0 aliphatic heterocycles. The van der Waals surface area contributed by atoms with Crippen molar-refractivity contribution in [1.82, 2.24) is 0 Å². The number of fused-ring (bicyclic) bond motifs is 1. The number of benzene rings is 1. The third-order valence-electron chi connectivity index (χ3n) is 2.33. The van der Waals surface area contributed by atoms with Crippen molar-refractivity contribution in [3.8, 4) is 0 Å². The molecule has 0 amide bonds. The van der Waals surface area contributed by atoms with Crippen molar-refractivity contribution in [3.05, 3.63) is 40.4 Å². The Hall–Kier alpha value is -1.28. The van der Waals surface area contributed by atoms with Gasteiger partial charge in [0, 0.05) is 17.5 Å². The number of carbonyl (C=O) groups excluding carboxylic acids is 1. The Kier molecular flexibility index (Phi) is 2.78. The van der Waals surface area contributed by atoms with Gasteiger partial charge in [-0.2, -0.15) is 0 Å². The Labute approximate surface area is 93.5 Å². The quantitative estimate of drug-likeness (QED) is 0.683. The predicted octanol–water partition coefficient (Wildman–Crippen LogP) is 3.19. The van der Waals surface area contributed by atoms with Gasteiger partial charge in [-0.25, -0.2) is 0 Å². The number of hydrogen-bond acceptors (Lipinski definition) is 2. The van der Waals surface area contributed by atoms with E-state index in [1.807, 2.05) is 24.3 Å². The second-order valence-corrected chi connectivity index (χ2v) is 3.94. The van der Waals surface area contributed by atoms with Crippen LogP contribution in [0, 0.1) is 0 Å². The summed E-state index contributed by atoms with van der Waals surface area (Å²) in [4.78, 5) is 10.9. The average molecular weight is 223 g/mol. The Morgan fingerprint density at radius 2 is 2.27 bits per heavy atom. The van der Waals surface area contributed by atoms with Crippen LogP contribution < -0.4 is 0 Å². The zero-order chi connectivity index (χ0) is 10.8. The number of carbonyl (C=O) groups is 1. The molecular formula is C12H11ClO2. The molecule has 0 saturated heterocycles. The molecule has 78 valence electrons. The summed E-state index contributed by atoms with van der Waals surface area (Å²) in [7, 11) is 0. The fraction of sp³-hybridized carbons (Fsp3) is 0.250. The number of halogens is 1. The van der Waals surface area contributed by atoms with E-state index in [2.05, 4.69) is 0 Å². The van der Waals surface area contributed by atoms with Crippen LogP contribution in [-0.2, 0) is 16.0 Å². The molecule has 0 heterocycles. The van der Waals surface area contributed by atoms with Crippen LogP contribution >= 0.6 is 11.6 Å². The maximum Gasteiger partial charge on any atom is 0.308 e. The fourth-order valence-corrected chi connectivity index (χ4v) is 1.92. The van der Waals surface area contributed by atoms with Crippen molar-refractivity contribution >= 4 is 23.3 Å². The van der Waals surface area contributed by atoms with Gasteiger partial charge >= 0.3 is 5.97 Å². The molecule has 0 fully saturated rings. The smallest absolute Gasteiger partial charge is 0.308 e. The lowest BCUT2D eigenvalue weighted by Crippen LogP contribution is -2.05. The van der Waals surface area contributed by atoms with Crippen molar-refractivity contribution in [2.24, 2.45) is 0 Å². The Morgan fingerprint density at radius 1 is 1.47 bits per heavy atom. The van der Waals surface area contributed by atoms with Crippen LogP contribution in [0.3, 0.4) is 0 Å². The van der Waals surface area contributed by atoms with Crippen LogP contribution in [0.4, 0.5) is 0 Å². The van der Waals surface area contributed by atoms with E-state index in [1.54, 1.807) is 0 Å². The number of hydrogen-bond donors (Lipinski definition) is 0. The van der Waals surface area contributed by atoms with Crippen molar-refractivity contribution < 1.29 is 9.53 Å². The van der Waals surface area contributed by atoms with Crippen LogP contribution in [0.2, 0.25) is 5.02 Å². The normalized spacial score (nSPS) is 14.1. The topological polar surface area (TPSA) is 26.3 Å². The molecule has 0 saturated carbocycles. The van der Waals surface area contributed by atoms with Gasteiger partial charge in [-0.15, -0.1) is 0 Å². The average Bonchev–Trinajstić information content (AvgIpc) is 2.16. The largest absolute Gasteiger partial charge is 0.426 e. The zero-order valence-electron chi connectivity index (χ0n) is 8.42. The van der Waals surface area contributed by atoms with E-state index in [-0.39, 0.29) is 5.97 Å². The highest BCUT2D eigenvalue weighted by atomic mass is 35.5. The molecule has 0 aromatic heterocycles. The van der Waals surface area contributed by atoms with Gasteiger partial charge < -0.3 is 4.74 Å². The van der Waals surface area contributed by atoms with E-state index < -0.39 is 0 Å². The third-order valence-corrected chi connectivity index (χ3v) is 2.56. The van der Waals surface area contributed by atoms with E-state index in [4.69, 9.17) is 16.3 Å². The van der Waals surface area contributed by atoms with Crippen molar-refractivity contribution in [1.29, 1.82) is 0 Å². The van der Waals surface area contributed by atoms with Crippen molar-refractivity contribution in [3.63, 3.8) is 0 Å². The van der Waals surface area contributed by atoms with Gasteiger partial charge in [0.15, 0.2) is 0 Å². The number of ether oxygens (including phenoxy) is 1. The fourth-order valence-electron chi connectivity index (χ4n) is 1.73. The highest BCUT2D eigenvalue weighted by molar-refractivity contribution is 6.30. The minimum atomic E-state index is -0.288. The Bertz CT molecular complexity index is 435. The number of aryl methyl sites for hydroxylation is 1. The van der Waals surface area contributed by atoms with Gasteiger partial charge in [0.25, 0.3) is 0 Å². The third kappa shape index (κ3) is 2.21. The monoisotopic (exact) mass is 222 g/mol. The summed E-state index contributed by atoms with van der Waals surface area (Å²) in [5.41, 5.74) is 2.11. The minimum absolute atomic E-state index is 0.288. The first-order valence-corrected chi connectivity index (χ1v) is 5.22. The summed E-state index contributed by atoms with van der Waals surface area (Å²) >= 11 is 5.90. The van der Waals surface area contributed by atoms with Crippen LogP contribution in [0.25, 0.3) is 5.76 Å². The first-order valence-electron chi connectivity index (χ1n) is 4.84. The molecule has 0 atom stereocenters. The lowest BCUT2D eigenvalue weighted by molar-refractivity contribution is -0.134. The van der Waals surface area contributed by atoms with Gasteiger partial charge in [-0.3, -0.25) is 4.79 Å². The van der Waals surface area contributed by atoms with Crippen LogP contribution in [0.5, 0.6) is 0 Å². The van der Waals surface area contributed by atoms with Crippen LogP contribution in [-0.4, -0.2) is 5.97 Å². The van der Waals surface area contributed by atoms with Crippen molar-refractivity contribution in [2.45, 2.75) is 19.8 Å². The van der Waals surface area contributed by atoms with Crippen LogP contribution in [0.15, 0.2) is 24.3 Å². The molecule has 0 bridgehead atoms. The number of esters is 1. The van der Waals surface area contributed by atoms with E-state index >= 15 is 0 Å². The lowest BCUT2D eigenvalue weighted by atomic mass is 9.96. The molecule has 0 spiro atoms. The second kappa shape index (κ2) is 4.07. The first kappa shape index (κ1) is 10.2. The van der Waals surface area contributed by atoms with Gasteiger partial charge in [0.05, 0.1) is 0 Å². The predicted molar refractivity (Wildman–Crippen MR) is 59.5 cm³/mol. The summed E-state index contributed by atoms with van der Waals surface area (Å²) in [6.07, 6.45) is 3.77. The molecule has 1 aromatic carbocycles. The summed E-state index contributed by atoms with van der Waals surface area (Å²) in [5, 5.41) is 0.720. The standard InChI is InChI=1S/C12H11ClO2/c1-8(14)15-12-4-2-3-9-7-10(13)5-6-11(9)12/h4-7H,2-3H2,1H3. The molecule has 0 unspecified atom stereocenters. The molecule has 2 rings (SSSR count).